The number of aromatic nitrogens is 1. The van der Waals surface area contributed by atoms with E-state index in [0.29, 0.717) is 10.9 Å². The van der Waals surface area contributed by atoms with Crippen molar-refractivity contribution in [1.82, 2.24) is 4.98 Å². The molecule has 2 nitrogen and oxygen atoms in total. The lowest BCUT2D eigenvalue weighted by atomic mass is 10.4. The van der Waals surface area contributed by atoms with Gasteiger partial charge >= 0.3 is 0 Å². The molecule has 3 heteroatoms. The van der Waals surface area contributed by atoms with E-state index in [-0.39, 0.29) is 6.10 Å². The molecule has 0 aliphatic carbocycles. The first-order valence-corrected chi connectivity index (χ1v) is 3.84. The Hall–Kier alpha value is -1.20. The SMILES string of the molecule is C#CC(C)Oc1ccnc(Cl)c1. The molecule has 1 unspecified atom stereocenters. The zero-order chi connectivity index (χ0) is 8.97. The van der Waals surface area contributed by atoms with E-state index in [1.54, 1.807) is 25.3 Å². The topological polar surface area (TPSA) is 22.1 Å². The standard InChI is InChI=1S/C9H8ClNO/c1-3-7(2)12-8-4-5-11-9(10)6-8/h1,4-7H,2H3. The first-order chi connectivity index (χ1) is 5.72. The van der Waals surface area contributed by atoms with Crippen LogP contribution in [0.3, 0.4) is 0 Å². The van der Waals surface area contributed by atoms with Crippen LogP contribution >= 0.6 is 11.6 Å². The molecule has 1 aromatic rings. The van der Waals surface area contributed by atoms with Gasteiger partial charge in [-0.1, -0.05) is 17.5 Å². The summed E-state index contributed by atoms with van der Waals surface area (Å²) < 4.78 is 5.28. The van der Waals surface area contributed by atoms with Gasteiger partial charge in [-0.05, 0) is 13.0 Å². The molecule has 1 heterocycles. The zero-order valence-corrected chi connectivity index (χ0v) is 7.38. The van der Waals surface area contributed by atoms with Gasteiger partial charge in [0.15, 0.2) is 6.10 Å². The predicted octanol–water partition coefficient (Wildman–Crippen LogP) is 2.14. The summed E-state index contributed by atoms with van der Waals surface area (Å²) in [6.45, 7) is 1.79. The number of ether oxygens (including phenoxy) is 1. The molecule has 0 N–H and O–H groups in total. The lowest BCUT2D eigenvalue weighted by molar-refractivity contribution is 0.279. The molecule has 0 saturated heterocycles. The fourth-order valence-electron chi connectivity index (χ4n) is 0.696. The summed E-state index contributed by atoms with van der Waals surface area (Å²) in [6.07, 6.45) is 6.46. The van der Waals surface area contributed by atoms with Crippen LogP contribution < -0.4 is 4.74 Å². The highest BCUT2D eigenvalue weighted by Gasteiger charge is 1.99. The summed E-state index contributed by atoms with van der Waals surface area (Å²) in [4.78, 5) is 3.81. The summed E-state index contributed by atoms with van der Waals surface area (Å²) in [5.74, 6) is 3.09. The molecule has 0 saturated carbocycles. The van der Waals surface area contributed by atoms with Crippen LogP contribution in [0.25, 0.3) is 0 Å². The third-order valence-corrected chi connectivity index (χ3v) is 1.45. The van der Waals surface area contributed by atoms with Crippen molar-refractivity contribution in [1.29, 1.82) is 0 Å². The Morgan fingerprint density at radius 3 is 3.08 bits per heavy atom. The maximum Gasteiger partial charge on any atom is 0.156 e. The van der Waals surface area contributed by atoms with Gasteiger partial charge in [-0.2, -0.15) is 0 Å². The van der Waals surface area contributed by atoms with Gasteiger partial charge in [0.25, 0.3) is 0 Å². The van der Waals surface area contributed by atoms with E-state index in [0.717, 1.165) is 0 Å². The lowest BCUT2D eigenvalue weighted by Crippen LogP contribution is -2.07. The molecule has 1 rings (SSSR count). The fourth-order valence-corrected chi connectivity index (χ4v) is 0.860. The third-order valence-electron chi connectivity index (χ3n) is 1.25. The van der Waals surface area contributed by atoms with Gasteiger partial charge in [-0.25, -0.2) is 4.98 Å². The number of rotatable bonds is 2. The van der Waals surface area contributed by atoms with Crippen LogP contribution in [0.1, 0.15) is 6.92 Å². The number of terminal acetylenes is 1. The quantitative estimate of drug-likeness (QED) is 0.515. The van der Waals surface area contributed by atoms with Crippen molar-refractivity contribution in [3.05, 3.63) is 23.5 Å². The third kappa shape index (κ3) is 2.44. The number of hydrogen-bond acceptors (Lipinski definition) is 2. The first kappa shape index (κ1) is 8.89. The van der Waals surface area contributed by atoms with E-state index >= 15 is 0 Å². The molecule has 1 atom stereocenters. The maximum atomic E-state index is 5.63. The smallest absolute Gasteiger partial charge is 0.156 e. The zero-order valence-electron chi connectivity index (χ0n) is 6.62. The largest absolute Gasteiger partial charge is 0.478 e. The van der Waals surface area contributed by atoms with Gasteiger partial charge in [-0.3, -0.25) is 0 Å². The highest BCUT2D eigenvalue weighted by atomic mass is 35.5. The van der Waals surface area contributed by atoms with Crippen LogP contribution in [0.15, 0.2) is 18.3 Å². The van der Waals surface area contributed by atoms with E-state index in [1.807, 2.05) is 0 Å². The van der Waals surface area contributed by atoms with Gasteiger partial charge < -0.3 is 4.74 Å². The molecule has 0 aromatic carbocycles. The summed E-state index contributed by atoms with van der Waals surface area (Å²) in [5, 5.41) is 0.400. The number of nitrogens with zero attached hydrogens (tertiary/aromatic N) is 1. The van der Waals surface area contributed by atoms with Crippen LogP contribution in [-0.2, 0) is 0 Å². The highest BCUT2D eigenvalue weighted by molar-refractivity contribution is 6.29. The van der Waals surface area contributed by atoms with E-state index < -0.39 is 0 Å². The van der Waals surface area contributed by atoms with Gasteiger partial charge in [0, 0.05) is 12.3 Å². The van der Waals surface area contributed by atoms with Crippen molar-refractivity contribution in [2.45, 2.75) is 13.0 Å². The Kier molecular flexibility index (Phi) is 2.95. The summed E-state index contributed by atoms with van der Waals surface area (Å²) in [7, 11) is 0. The van der Waals surface area contributed by atoms with E-state index in [9.17, 15) is 0 Å². The minimum absolute atomic E-state index is 0.247. The molecule has 1 aromatic heterocycles. The Morgan fingerprint density at radius 2 is 2.50 bits per heavy atom. The van der Waals surface area contributed by atoms with Gasteiger partial charge in [-0.15, -0.1) is 6.42 Å². The average Bonchev–Trinajstić information content (AvgIpc) is 2.04. The van der Waals surface area contributed by atoms with E-state index in [4.69, 9.17) is 22.8 Å². The number of hydrogen-bond donors (Lipinski definition) is 0. The van der Waals surface area contributed by atoms with E-state index in [2.05, 4.69) is 10.9 Å². The van der Waals surface area contributed by atoms with E-state index in [1.165, 1.54) is 0 Å². The molecule has 0 aliphatic heterocycles. The van der Waals surface area contributed by atoms with Gasteiger partial charge in [0.05, 0.1) is 0 Å². The highest BCUT2D eigenvalue weighted by Crippen LogP contribution is 2.15. The monoisotopic (exact) mass is 181 g/mol. The second-order valence-corrected chi connectivity index (χ2v) is 2.63. The average molecular weight is 182 g/mol. The molecule has 0 spiro atoms. The molecule has 12 heavy (non-hydrogen) atoms. The first-order valence-electron chi connectivity index (χ1n) is 3.46. The molecule has 62 valence electrons. The minimum atomic E-state index is -0.247. The maximum absolute atomic E-state index is 5.63. The molecular formula is C9H8ClNO. The second-order valence-electron chi connectivity index (χ2n) is 2.24. The van der Waals surface area contributed by atoms with Crippen molar-refractivity contribution in [3.63, 3.8) is 0 Å². The molecule has 0 fully saturated rings. The summed E-state index contributed by atoms with van der Waals surface area (Å²) in [5.41, 5.74) is 0. The predicted molar refractivity (Wildman–Crippen MR) is 48.2 cm³/mol. The van der Waals surface area contributed by atoms with Crippen LogP contribution in [0.5, 0.6) is 5.75 Å². The Morgan fingerprint density at radius 1 is 1.75 bits per heavy atom. The molecular weight excluding hydrogens is 174 g/mol. The van der Waals surface area contributed by atoms with Crippen LogP contribution in [0, 0.1) is 12.3 Å². The van der Waals surface area contributed by atoms with Gasteiger partial charge in [0.2, 0.25) is 0 Å². The summed E-state index contributed by atoms with van der Waals surface area (Å²) >= 11 is 5.63. The fraction of sp³-hybridized carbons (Fsp3) is 0.222. The number of halogens is 1. The van der Waals surface area contributed by atoms with Crippen molar-refractivity contribution in [3.8, 4) is 18.1 Å². The summed E-state index contributed by atoms with van der Waals surface area (Å²) in [6, 6.07) is 3.33. The second kappa shape index (κ2) is 3.99. The lowest BCUT2D eigenvalue weighted by Gasteiger charge is -2.07. The van der Waals surface area contributed by atoms with Crippen molar-refractivity contribution in [2.24, 2.45) is 0 Å². The molecule has 0 amide bonds. The number of pyridine rings is 1. The van der Waals surface area contributed by atoms with Crippen LogP contribution in [0.4, 0.5) is 0 Å². The van der Waals surface area contributed by atoms with Crippen LogP contribution in [-0.4, -0.2) is 11.1 Å². The Bertz CT molecular complexity index is 306. The molecule has 0 aliphatic rings. The van der Waals surface area contributed by atoms with Crippen molar-refractivity contribution in [2.75, 3.05) is 0 Å². The van der Waals surface area contributed by atoms with Gasteiger partial charge in [0.1, 0.15) is 10.9 Å². The Balaban J connectivity index is 2.71. The van der Waals surface area contributed by atoms with Crippen molar-refractivity contribution >= 4 is 11.6 Å². The normalized spacial score (nSPS) is 11.8. The molecule has 0 radical (unpaired) electrons. The molecule has 0 bridgehead atoms. The minimum Gasteiger partial charge on any atom is -0.478 e. The van der Waals surface area contributed by atoms with Crippen LogP contribution in [0.2, 0.25) is 5.15 Å². The Labute approximate surface area is 76.5 Å². The van der Waals surface area contributed by atoms with Crippen molar-refractivity contribution < 1.29 is 4.74 Å².